The molecule has 4 aromatic heterocycles. The van der Waals surface area contributed by atoms with E-state index in [0.717, 1.165) is 11.3 Å². The van der Waals surface area contributed by atoms with E-state index in [2.05, 4.69) is 30.5 Å². The fourth-order valence-corrected chi connectivity index (χ4v) is 3.30. The van der Waals surface area contributed by atoms with Crippen LogP contribution >= 0.6 is 0 Å². The molecule has 4 heterocycles. The summed E-state index contributed by atoms with van der Waals surface area (Å²) >= 11 is 0. The molecule has 1 aromatic carbocycles. The van der Waals surface area contributed by atoms with Crippen molar-refractivity contribution >= 4 is 17.4 Å². The van der Waals surface area contributed by atoms with E-state index >= 15 is 0 Å². The minimum absolute atomic E-state index is 0.102. The molecule has 10 nitrogen and oxygen atoms in total. The monoisotopic (exact) mass is 432 g/mol. The molecule has 0 saturated heterocycles. The SMILES string of the molecule is Cc1nc(C)c(C(=O)Nc2ccc(F)c(-c3nc4ncc(-c5ccn(C)n5)cn4n3)c2)o1. The molecule has 0 aliphatic heterocycles. The van der Waals surface area contributed by atoms with Gasteiger partial charge in [0.05, 0.1) is 17.0 Å². The minimum atomic E-state index is -0.532. The van der Waals surface area contributed by atoms with Crippen LogP contribution in [0.2, 0.25) is 0 Å². The van der Waals surface area contributed by atoms with E-state index < -0.39 is 11.7 Å². The average Bonchev–Trinajstić information content (AvgIpc) is 3.46. The number of hydrogen-bond acceptors (Lipinski definition) is 7. The standard InChI is InChI=1S/C21H17FN8O2/c1-11-18(32-12(2)24-11)20(31)25-14-4-5-16(22)15(8-14)19-26-21-23-9-13(10-30(21)28-19)17-6-7-29(3)27-17/h4-10H,1-3H3,(H,25,31). The molecule has 0 saturated carbocycles. The molecule has 5 rings (SSSR count). The van der Waals surface area contributed by atoms with Crippen LogP contribution in [0, 0.1) is 19.7 Å². The number of anilines is 1. The predicted octanol–water partition coefficient (Wildman–Crippen LogP) is 3.19. The maximum Gasteiger partial charge on any atom is 0.293 e. The number of carbonyl (C=O) groups excluding carboxylic acids is 1. The van der Waals surface area contributed by atoms with Crippen molar-refractivity contribution in [1.29, 1.82) is 0 Å². The van der Waals surface area contributed by atoms with Crippen LogP contribution in [-0.2, 0) is 7.05 Å². The summed E-state index contributed by atoms with van der Waals surface area (Å²) in [4.78, 5) is 25.2. The summed E-state index contributed by atoms with van der Waals surface area (Å²) in [5, 5.41) is 11.4. The fourth-order valence-electron chi connectivity index (χ4n) is 3.30. The molecule has 32 heavy (non-hydrogen) atoms. The number of fused-ring (bicyclic) bond motifs is 1. The van der Waals surface area contributed by atoms with Gasteiger partial charge in [-0.25, -0.2) is 18.9 Å². The first-order valence-corrected chi connectivity index (χ1v) is 9.65. The number of amides is 1. The Labute approximate surface area is 180 Å². The third kappa shape index (κ3) is 3.49. The Kier molecular flexibility index (Phi) is 4.51. The lowest BCUT2D eigenvalue weighted by atomic mass is 10.1. The van der Waals surface area contributed by atoms with Crippen LogP contribution in [0.1, 0.15) is 22.1 Å². The van der Waals surface area contributed by atoms with E-state index in [9.17, 15) is 9.18 Å². The summed E-state index contributed by atoms with van der Waals surface area (Å²) in [6, 6.07) is 5.99. The Bertz CT molecular complexity index is 1480. The fraction of sp³-hybridized carbons (Fsp3) is 0.143. The zero-order valence-corrected chi connectivity index (χ0v) is 17.4. The molecule has 0 fully saturated rings. The number of halogens is 1. The third-order valence-electron chi connectivity index (χ3n) is 4.78. The minimum Gasteiger partial charge on any atom is -0.436 e. The van der Waals surface area contributed by atoms with Crippen molar-refractivity contribution in [3.05, 3.63) is 66.0 Å². The van der Waals surface area contributed by atoms with Crippen LogP contribution in [0.3, 0.4) is 0 Å². The van der Waals surface area contributed by atoms with E-state index in [1.807, 2.05) is 19.3 Å². The lowest BCUT2D eigenvalue weighted by Crippen LogP contribution is -2.12. The summed E-state index contributed by atoms with van der Waals surface area (Å²) in [6.07, 6.45) is 5.17. The predicted molar refractivity (Wildman–Crippen MR) is 112 cm³/mol. The second-order valence-electron chi connectivity index (χ2n) is 7.19. The van der Waals surface area contributed by atoms with Gasteiger partial charge in [0.1, 0.15) is 5.82 Å². The first-order chi connectivity index (χ1) is 15.4. The van der Waals surface area contributed by atoms with Gasteiger partial charge in [0.15, 0.2) is 11.7 Å². The molecule has 5 aromatic rings. The first kappa shape index (κ1) is 19.5. The van der Waals surface area contributed by atoms with Crippen LogP contribution in [0.25, 0.3) is 28.4 Å². The summed E-state index contributed by atoms with van der Waals surface area (Å²) in [6.45, 7) is 3.33. The Hall–Kier alpha value is -4.41. The van der Waals surface area contributed by atoms with Gasteiger partial charge >= 0.3 is 0 Å². The second-order valence-corrected chi connectivity index (χ2v) is 7.19. The van der Waals surface area contributed by atoms with Crippen LogP contribution in [-0.4, -0.2) is 40.3 Å². The largest absolute Gasteiger partial charge is 0.436 e. The average molecular weight is 432 g/mol. The molecule has 0 aliphatic carbocycles. The molecule has 11 heteroatoms. The summed E-state index contributed by atoms with van der Waals surface area (Å²) in [7, 11) is 1.82. The van der Waals surface area contributed by atoms with Gasteiger partial charge in [0, 0.05) is 43.8 Å². The van der Waals surface area contributed by atoms with Gasteiger partial charge in [0.25, 0.3) is 11.7 Å². The van der Waals surface area contributed by atoms with Gasteiger partial charge in [-0.2, -0.15) is 10.1 Å². The molecule has 0 radical (unpaired) electrons. The Morgan fingerprint density at radius 3 is 2.72 bits per heavy atom. The van der Waals surface area contributed by atoms with Gasteiger partial charge in [0.2, 0.25) is 5.76 Å². The molecule has 160 valence electrons. The number of rotatable bonds is 4. The van der Waals surface area contributed by atoms with E-state index in [4.69, 9.17) is 4.42 Å². The topological polar surface area (TPSA) is 116 Å². The van der Waals surface area contributed by atoms with Crippen LogP contribution in [0.5, 0.6) is 0 Å². The van der Waals surface area contributed by atoms with Crippen molar-refractivity contribution in [3.63, 3.8) is 0 Å². The zero-order chi connectivity index (χ0) is 22.4. The maximum atomic E-state index is 14.6. The number of nitrogens with zero attached hydrogens (tertiary/aromatic N) is 7. The molecule has 0 spiro atoms. The number of aromatic nitrogens is 7. The molecule has 1 amide bonds. The van der Waals surface area contributed by atoms with E-state index in [-0.39, 0.29) is 17.1 Å². The van der Waals surface area contributed by atoms with Crippen molar-refractivity contribution in [1.82, 2.24) is 34.3 Å². The van der Waals surface area contributed by atoms with Crippen LogP contribution < -0.4 is 5.32 Å². The second kappa shape index (κ2) is 7.38. The molecular formula is C21H17FN8O2. The Balaban J connectivity index is 1.47. The van der Waals surface area contributed by atoms with E-state index in [1.54, 1.807) is 30.9 Å². The highest BCUT2D eigenvalue weighted by molar-refractivity contribution is 6.03. The Morgan fingerprint density at radius 1 is 1.16 bits per heavy atom. The smallest absolute Gasteiger partial charge is 0.293 e. The molecular weight excluding hydrogens is 415 g/mol. The molecule has 0 unspecified atom stereocenters. The van der Waals surface area contributed by atoms with E-state index in [1.165, 1.54) is 22.7 Å². The normalized spacial score (nSPS) is 11.2. The summed E-state index contributed by atoms with van der Waals surface area (Å²) in [5.74, 6) is -0.0810. The highest BCUT2D eigenvalue weighted by Gasteiger charge is 2.18. The molecule has 0 bridgehead atoms. The summed E-state index contributed by atoms with van der Waals surface area (Å²) in [5.41, 5.74) is 2.43. The molecule has 0 aliphatic rings. The molecule has 1 N–H and O–H groups in total. The quantitative estimate of drug-likeness (QED) is 0.464. The van der Waals surface area contributed by atoms with Gasteiger partial charge in [-0.15, -0.1) is 5.10 Å². The number of nitrogens with one attached hydrogen (secondary N) is 1. The lowest BCUT2D eigenvalue weighted by molar-refractivity contribution is 0.0994. The van der Waals surface area contributed by atoms with Gasteiger partial charge in [-0.3, -0.25) is 9.48 Å². The lowest BCUT2D eigenvalue weighted by Gasteiger charge is -2.06. The van der Waals surface area contributed by atoms with Crippen molar-refractivity contribution < 1.29 is 13.6 Å². The first-order valence-electron chi connectivity index (χ1n) is 9.65. The number of hydrogen-bond donors (Lipinski definition) is 1. The number of carbonyl (C=O) groups is 1. The van der Waals surface area contributed by atoms with Crippen molar-refractivity contribution in [3.8, 4) is 22.6 Å². The zero-order valence-electron chi connectivity index (χ0n) is 17.4. The number of aryl methyl sites for hydroxylation is 3. The Morgan fingerprint density at radius 2 is 2.00 bits per heavy atom. The van der Waals surface area contributed by atoms with E-state index in [0.29, 0.717) is 23.0 Å². The highest BCUT2D eigenvalue weighted by atomic mass is 19.1. The highest BCUT2D eigenvalue weighted by Crippen LogP contribution is 2.25. The van der Waals surface area contributed by atoms with Crippen molar-refractivity contribution in [2.75, 3.05) is 5.32 Å². The van der Waals surface area contributed by atoms with Crippen molar-refractivity contribution in [2.45, 2.75) is 13.8 Å². The number of benzene rings is 1. The summed E-state index contributed by atoms with van der Waals surface area (Å²) < 4.78 is 23.1. The molecule has 0 atom stereocenters. The van der Waals surface area contributed by atoms with Gasteiger partial charge in [-0.1, -0.05) is 0 Å². The maximum absolute atomic E-state index is 14.6. The van der Waals surface area contributed by atoms with Gasteiger partial charge < -0.3 is 9.73 Å². The van der Waals surface area contributed by atoms with Crippen LogP contribution in [0.15, 0.2) is 47.3 Å². The van der Waals surface area contributed by atoms with Gasteiger partial charge in [-0.05, 0) is 31.2 Å². The van der Waals surface area contributed by atoms with Crippen molar-refractivity contribution in [2.24, 2.45) is 7.05 Å². The number of oxazole rings is 1. The van der Waals surface area contributed by atoms with Crippen LogP contribution in [0.4, 0.5) is 10.1 Å². The third-order valence-corrected chi connectivity index (χ3v) is 4.78.